The quantitative estimate of drug-likeness (QED) is 0.572. The largest absolute Gasteiger partial charge is 0.296 e. The standard InChI is InChI=1S/C11H20N2/c1-9-7-10(8-12)5-6-13(9)11(2,3)4/h9-10H,5-7H2,1-4H3/t9-,10+/m1/s1. The average Bonchev–Trinajstić information content (AvgIpc) is 2.01. The number of nitrogens with zero attached hydrogens (tertiary/aromatic N) is 2. The smallest absolute Gasteiger partial charge is 0.0656 e. The molecule has 1 heterocycles. The molecule has 1 rings (SSSR count). The molecule has 0 amide bonds. The van der Waals surface area contributed by atoms with E-state index >= 15 is 0 Å². The van der Waals surface area contributed by atoms with Crippen molar-refractivity contribution in [1.82, 2.24) is 4.90 Å². The van der Waals surface area contributed by atoms with E-state index < -0.39 is 0 Å². The molecule has 0 unspecified atom stereocenters. The van der Waals surface area contributed by atoms with Crippen LogP contribution in [0.25, 0.3) is 0 Å². The third-order valence-electron chi connectivity index (χ3n) is 2.92. The Hall–Kier alpha value is -0.550. The molecule has 1 saturated heterocycles. The van der Waals surface area contributed by atoms with Crippen molar-refractivity contribution in [3.8, 4) is 6.07 Å². The van der Waals surface area contributed by atoms with Gasteiger partial charge < -0.3 is 0 Å². The van der Waals surface area contributed by atoms with Crippen LogP contribution in [-0.2, 0) is 0 Å². The molecule has 1 aliphatic rings. The normalized spacial score (nSPS) is 31.3. The highest BCUT2D eigenvalue weighted by atomic mass is 15.2. The Kier molecular flexibility index (Phi) is 2.98. The van der Waals surface area contributed by atoms with Crippen molar-refractivity contribution in [2.75, 3.05) is 6.54 Å². The summed E-state index contributed by atoms with van der Waals surface area (Å²) in [6, 6.07) is 2.93. The van der Waals surface area contributed by atoms with Crippen LogP contribution in [0, 0.1) is 17.2 Å². The molecule has 1 aliphatic heterocycles. The van der Waals surface area contributed by atoms with Crippen LogP contribution in [0.1, 0.15) is 40.5 Å². The molecule has 2 heteroatoms. The Bertz CT molecular complexity index is 209. The number of hydrogen-bond acceptors (Lipinski definition) is 2. The lowest BCUT2D eigenvalue weighted by Crippen LogP contribution is -2.50. The third-order valence-corrected chi connectivity index (χ3v) is 2.92. The van der Waals surface area contributed by atoms with Crippen LogP contribution < -0.4 is 0 Å². The number of rotatable bonds is 0. The van der Waals surface area contributed by atoms with E-state index in [1.807, 2.05) is 0 Å². The average molecular weight is 180 g/mol. The van der Waals surface area contributed by atoms with Gasteiger partial charge in [0, 0.05) is 24.0 Å². The Morgan fingerprint density at radius 2 is 2.00 bits per heavy atom. The Balaban J connectivity index is 2.60. The minimum absolute atomic E-state index is 0.250. The summed E-state index contributed by atoms with van der Waals surface area (Å²) in [4.78, 5) is 2.50. The van der Waals surface area contributed by atoms with E-state index in [1.54, 1.807) is 0 Å². The molecule has 0 aromatic rings. The summed E-state index contributed by atoms with van der Waals surface area (Å²) in [5.74, 6) is 0.286. The molecule has 0 aliphatic carbocycles. The molecule has 0 aromatic carbocycles. The Morgan fingerprint density at radius 3 is 2.38 bits per heavy atom. The lowest BCUT2D eigenvalue weighted by Gasteiger charge is -2.44. The van der Waals surface area contributed by atoms with E-state index in [2.05, 4.69) is 38.7 Å². The Morgan fingerprint density at radius 1 is 1.38 bits per heavy atom. The molecule has 1 fully saturated rings. The SMILES string of the molecule is C[C@@H]1C[C@@H](C#N)CCN1C(C)(C)C. The summed E-state index contributed by atoms with van der Waals surface area (Å²) >= 11 is 0. The molecule has 0 saturated carbocycles. The van der Waals surface area contributed by atoms with E-state index in [4.69, 9.17) is 5.26 Å². The summed E-state index contributed by atoms with van der Waals surface area (Å²) in [7, 11) is 0. The van der Waals surface area contributed by atoms with E-state index in [0.29, 0.717) is 6.04 Å². The van der Waals surface area contributed by atoms with E-state index in [0.717, 1.165) is 19.4 Å². The molecular formula is C11H20N2. The molecular weight excluding hydrogens is 160 g/mol. The van der Waals surface area contributed by atoms with Crippen LogP contribution in [0.3, 0.4) is 0 Å². The summed E-state index contributed by atoms with van der Waals surface area (Å²) in [5, 5.41) is 8.83. The molecule has 2 atom stereocenters. The van der Waals surface area contributed by atoms with Gasteiger partial charge in [-0.2, -0.15) is 5.26 Å². The predicted octanol–water partition coefficient (Wildman–Crippen LogP) is 2.41. The second-order valence-corrected chi connectivity index (χ2v) is 5.06. The van der Waals surface area contributed by atoms with Crippen LogP contribution in [0.4, 0.5) is 0 Å². The van der Waals surface area contributed by atoms with Crippen LogP contribution in [0.2, 0.25) is 0 Å². The summed E-state index contributed by atoms with van der Waals surface area (Å²) in [6.07, 6.45) is 2.08. The fourth-order valence-electron chi connectivity index (χ4n) is 2.29. The second-order valence-electron chi connectivity index (χ2n) is 5.06. The van der Waals surface area contributed by atoms with Gasteiger partial charge in [0.1, 0.15) is 0 Å². The number of piperidine rings is 1. The van der Waals surface area contributed by atoms with Crippen LogP contribution in [-0.4, -0.2) is 23.0 Å². The van der Waals surface area contributed by atoms with Crippen molar-refractivity contribution < 1.29 is 0 Å². The lowest BCUT2D eigenvalue weighted by atomic mass is 9.89. The zero-order valence-corrected chi connectivity index (χ0v) is 9.17. The van der Waals surface area contributed by atoms with E-state index in [1.165, 1.54) is 0 Å². The minimum Gasteiger partial charge on any atom is -0.296 e. The molecule has 0 aromatic heterocycles. The van der Waals surface area contributed by atoms with Gasteiger partial charge >= 0.3 is 0 Å². The van der Waals surface area contributed by atoms with Gasteiger partial charge in [-0.1, -0.05) is 0 Å². The van der Waals surface area contributed by atoms with Gasteiger partial charge in [0.25, 0.3) is 0 Å². The summed E-state index contributed by atoms with van der Waals surface area (Å²) in [5.41, 5.74) is 0.250. The summed E-state index contributed by atoms with van der Waals surface area (Å²) < 4.78 is 0. The maximum atomic E-state index is 8.83. The third kappa shape index (κ3) is 2.45. The number of hydrogen-bond donors (Lipinski definition) is 0. The second kappa shape index (κ2) is 3.67. The minimum atomic E-state index is 0.250. The first kappa shape index (κ1) is 10.5. The van der Waals surface area contributed by atoms with Crippen molar-refractivity contribution in [3.63, 3.8) is 0 Å². The van der Waals surface area contributed by atoms with Gasteiger partial charge in [0.2, 0.25) is 0 Å². The van der Waals surface area contributed by atoms with Gasteiger partial charge in [-0.15, -0.1) is 0 Å². The van der Waals surface area contributed by atoms with Crippen molar-refractivity contribution in [1.29, 1.82) is 5.26 Å². The molecule has 0 N–H and O–H groups in total. The fraction of sp³-hybridized carbons (Fsp3) is 0.909. The van der Waals surface area contributed by atoms with Crippen molar-refractivity contribution >= 4 is 0 Å². The van der Waals surface area contributed by atoms with Crippen LogP contribution in [0.15, 0.2) is 0 Å². The van der Waals surface area contributed by atoms with Gasteiger partial charge in [0.15, 0.2) is 0 Å². The molecule has 0 spiro atoms. The predicted molar refractivity (Wildman–Crippen MR) is 54.3 cm³/mol. The topological polar surface area (TPSA) is 27.0 Å². The summed E-state index contributed by atoms with van der Waals surface area (Å²) in [6.45, 7) is 10.0. The fourth-order valence-corrected chi connectivity index (χ4v) is 2.29. The van der Waals surface area contributed by atoms with Crippen LogP contribution in [0.5, 0.6) is 0 Å². The van der Waals surface area contributed by atoms with Gasteiger partial charge in [-0.3, -0.25) is 4.90 Å². The molecule has 0 bridgehead atoms. The van der Waals surface area contributed by atoms with E-state index in [-0.39, 0.29) is 11.5 Å². The van der Waals surface area contributed by atoms with Crippen molar-refractivity contribution in [2.24, 2.45) is 5.92 Å². The van der Waals surface area contributed by atoms with Gasteiger partial charge in [0.05, 0.1) is 6.07 Å². The molecule has 2 nitrogen and oxygen atoms in total. The number of nitriles is 1. The highest BCUT2D eigenvalue weighted by Gasteiger charge is 2.31. The maximum absolute atomic E-state index is 8.83. The highest BCUT2D eigenvalue weighted by molar-refractivity contribution is 4.94. The van der Waals surface area contributed by atoms with Crippen LogP contribution >= 0.6 is 0 Å². The van der Waals surface area contributed by atoms with Gasteiger partial charge in [-0.05, 0) is 40.5 Å². The Labute approximate surface area is 81.5 Å². The monoisotopic (exact) mass is 180 g/mol. The zero-order valence-electron chi connectivity index (χ0n) is 9.17. The molecule has 13 heavy (non-hydrogen) atoms. The first-order chi connectivity index (χ1) is 5.95. The van der Waals surface area contributed by atoms with Gasteiger partial charge in [-0.25, -0.2) is 0 Å². The van der Waals surface area contributed by atoms with Crippen molar-refractivity contribution in [3.05, 3.63) is 0 Å². The maximum Gasteiger partial charge on any atom is 0.0656 e. The molecule has 0 radical (unpaired) electrons. The zero-order chi connectivity index (χ0) is 10.1. The van der Waals surface area contributed by atoms with Crippen molar-refractivity contribution in [2.45, 2.75) is 52.1 Å². The van der Waals surface area contributed by atoms with E-state index in [9.17, 15) is 0 Å². The lowest BCUT2D eigenvalue weighted by molar-refractivity contribution is 0.0489. The first-order valence-electron chi connectivity index (χ1n) is 5.11. The molecule has 74 valence electrons. The first-order valence-corrected chi connectivity index (χ1v) is 5.11. The number of likely N-dealkylation sites (tertiary alicyclic amines) is 1. The highest BCUT2D eigenvalue weighted by Crippen LogP contribution is 2.28.